The van der Waals surface area contributed by atoms with Crippen LogP contribution >= 0.6 is 34.2 Å². The number of alkyl halides is 1. The topological polar surface area (TPSA) is 27.1 Å². The van der Waals surface area contributed by atoms with Crippen LogP contribution in [-0.4, -0.2) is 16.2 Å². The average Bonchev–Trinajstić information content (AvgIpc) is 2.85. The van der Waals surface area contributed by atoms with Gasteiger partial charge < -0.3 is 9.30 Å². The molecule has 3 rings (SSSR count). The predicted molar refractivity (Wildman–Crippen MR) is 93.9 cm³/mol. The predicted octanol–water partition coefficient (Wildman–Crippen LogP) is 4.46. The molecule has 0 fully saturated rings. The number of imidazole rings is 1. The maximum absolute atomic E-state index is 6.01. The molecule has 21 heavy (non-hydrogen) atoms. The van der Waals surface area contributed by atoms with Gasteiger partial charge in [0.25, 0.3) is 0 Å². The zero-order valence-corrected chi connectivity index (χ0v) is 14.2. The Labute approximate surface area is 142 Å². The third-order valence-electron chi connectivity index (χ3n) is 3.24. The van der Waals surface area contributed by atoms with Crippen molar-refractivity contribution in [3.05, 3.63) is 57.9 Å². The highest BCUT2D eigenvalue weighted by Gasteiger charge is 2.10. The SMILES string of the molecule is ClCc1nc2cc(I)ccc2n1CCOc1ccccc1. The first kappa shape index (κ1) is 14.7. The van der Waals surface area contributed by atoms with Gasteiger partial charge in [0.2, 0.25) is 0 Å². The van der Waals surface area contributed by atoms with Crippen LogP contribution in [0.5, 0.6) is 5.75 Å². The number of fused-ring (bicyclic) bond motifs is 1. The molecule has 0 saturated carbocycles. The zero-order valence-electron chi connectivity index (χ0n) is 11.3. The first-order valence-corrected chi connectivity index (χ1v) is 8.28. The summed E-state index contributed by atoms with van der Waals surface area (Å²) in [4.78, 5) is 4.59. The largest absolute Gasteiger partial charge is 0.492 e. The highest BCUT2D eigenvalue weighted by molar-refractivity contribution is 14.1. The Morgan fingerprint density at radius 2 is 1.95 bits per heavy atom. The number of halogens is 2. The number of nitrogens with zero attached hydrogens (tertiary/aromatic N) is 2. The summed E-state index contributed by atoms with van der Waals surface area (Å²) in [5.74, 6) is 2.16. The van der Waals surface area contributed by atoms with E-state index < -0.39 is 0 Å². The quantitative estimate of drug-likeness (QED) is 0.457. The van der Waals surface area contributed by atoms with Gasteiger partial charge in [-0.1, -0.05) is 18.2 Å². The highest BCUT2D eigenvalue weighted by Crippen LogP contribution is 2.20. The summed E-state index contributed by atoms with van der Waals surface area (Å²) in [7, 11) is 0. The van der Waals surface area contributed by atoms with Crippen LogP contribution < -0.4 is 4.74 Å². The lowest BCUT2D eigenvalue weighted by molar-refractivity contribution is 0.299. The van der Waals surface area contributed by atoms with Crippen LogP contribution in [0.25, 0.3) is 11.0 Å². The summed E-state index contributed by atoms with van der Waals surface area (Å²) in [6.07, 6.45) is 0. The van der Waals surface area contributed by atoms with Gasteiger partial charge in [-0.15, -0.1) is 11.6 Å². The van der Waals surface area contributed by atoms with Crippen LogP contribution in [0, 0.1) is 3.57 Å². The molecule has 1 aromatic heterocycles. The molecule has 3 nitrogen and oxygen atoms in total. The van der Waals surface area contributed by atoms with Gasteiger partial charge in [-0.2, -0.15) is 0 Å². The summed E-state index contributed by atoms with van der Waals surface area (Å²) in [6, 6.07) is 16.1. The molecule has 2 aromatic carbocycles. The van der Waals surface area contributed by atoms with E-state index in [0.717, 1.165) is 29.2 Å². The van der Waals surface area contributed by atoms with Crippen molar-refractivity contribution >= 4 is 45.2 Å². The van der Waals surface area contributed by atoms with E-state index in [2.05, 4.69) is 50.3 Å². The lowest BCUT2D eigenvalue weighted by Gasteiger charge is -2.09. The van der Waals surface area contributed by atoms with Crippen molar-refractivity contribution in [3.63, 3.8) is 0 Å². The fraction of sp³-hybridized carbons (Fsp3) is 0.188. The lowest BCUT2D eigenvalue weighted by atomic mass is 10.3. The minimum absolute atomic E-state index is 0.399. The van der Waals surface area contributed by atoms with E-state index >= 15 is 0 Å². The third kappa shape index (κ3) is 3.32. The van der Waals surface area contributed by atoms with Crippen LogP contribution in [-0.2, 0) is 12.4 Å². The van der Waals surface area contributed by atoms with Crippen LogP contribution in [0.2, 0.25) is 0 Å². The van der Waals surface area contributed by atoms with Gasteiger partial charge in [0.1, 0.15) is 18.2 Å². The molecule has 0 radical (unpaired) electrons. The molecule has 0 amide bonds. The van der Waals surface area contributed by atoms with Crippen molar-refractivity contribution in [1.82, 2.24) is 9.55 Å². The average molecular weight is 413 g/mol. The fourth-order valence-electron chi connectivity index (χ4n) is 2.28. The number of para-hydroxylation sites is 1. The lowest BCUT2D eigenvalue weighted by Crippen LogP contribution is -2.10. The van der Waals surface area contributed by atoms with Crippen LogP contribution in [0.15, 0.2) is 48.5 Å². The normalized spacial score (nSPS) is 11.0. The molecular formula is C16H14ClIN2O. The van der Waals surface area contributed by atoms with Crippen LogP contribution in [0.1, 0.15) is 5.82 Å². The molecular weight excluding hydrogens is 399 g/mol. The molecule has 5 heteroatoms. The molecule has 1 heterocycles. The number of aromatic nitrogens is 2. The van der Waals surface area contributed by atoms with E-state index in [1.165, 1.54) is 3.57 Å². The Balaban J connectivity index is 1.79. The first-order chi connectivity index (χ1) is 10.3. The molecule has 0 saturated heterocycles. The van der Waals surface area contributed by atoms with Gasteiger partial charge >= 0.3 is 0 Å². The van der Waals surface area contributed by atoms with Crippen molar-refractivity contribution < 1.29 is 4.74 Å². The molecule has 0 aliphatic rings. The molecule has 0 N–H and O–H groups in total. The van der Waals surface area contributed by atoms with Crippen LogP contribution in [0.4, 0.5) is 0 Å². The molecule has 0 bridgehead atoms. The Hall–Kier alpha value is -1.27. The maximum atomic E-state index is 6.01. The van der Waals surface area contributed by atoms with Gasteiger partial charge in [0.15, 0.2) is 0 Å². The Morgan fingerprint density at radius 3 is 2.71 bits per heavy atom. The Bertz CT molecular complexity index is 743. The molecule has 0 atom stereocenters. The van der Waals surface area contributed by atoms with Gasteiger partial charge in [-0.05, 0) is 52.9 Å². The third-order valence-corrected chi connectivity index (χ3v) is 4.15. The van der Waals surface area contributed by atoms with Gasteiger partial charge in [-0.3, -0.25) is 0 Å². The molecule has 0 spiro atoms. The summed E-state index contributed by atoms with van der Waals surface area (Å²) < 4.78 is 9.06. The maximum Gasteiger partial charge on any atom is 0.124 e. The number of benzene rings is 2. The van der Waals surface area contributed by atoms with Gasteiger partial charge in [-0.25, -0.2) is 4.98 Å². The minimum atomic E-state index is 0.399. The van der Waals surface area contributed by atoms with Crippen molar-refractivity contribution in [2.24, 2.45) is 0 Å². The second-order valence-corrected chi connectivity index (χ2v) is 6.12. The number of rotatable bonds is 5. The highest BCUT2D eigenvalue weighted by atomic mass is 127. The smallest absolute Gasteiger partial charge is 0.124 e. The molecule has 0 aliphatic carbocycles. The van der Waals surface area contributed by atoms with Crippen molar-refractivity contribution in [3.8, 4) is 5.75 Å². The zero-order chi connectivity index (χ0) is 14.7. The standard InChI is InChI=1S/C16H14ClIN2O/c17-11-16-19-14-10-12(18)6-7-15(14)20(16)8-9-21-13-4-2-1-3-5-13/h1-7,10H,8-9,11H2. The second-order valence-electron chi connectivity index (χ2n) is 4.61. The Kier molecular flexibility index (Phi) is 4.65. The van der Waals surface area contributed by atoms with E-state index in [4.69, 9.17) is 16.3 Å². The molecule has 0 unspecified atom stereocenters. The molecule has 108 valence electrons. The summed E-state index contributed by atoms with van der Waals surface area (Å²) in [5.41, 5.74) is 2.08. The first-order valence-electron chi connectivity index (χ1n) is 6.66. The van der Waals surface area contributed by atoms with Gasteiger partial charge in [0, 0.05) is 3.57 Å². The van der Waals surface area contributed by atoms with Crippen LogP contribution in [0.3, 0.4) is 0 Å². The number of hydrogen-bond acceptors (Lipinski definition) is 2. The molecule has 3 aromatic rings. The Morgan fingerprint density at radius 1 is 1.14 bits per heavy atom. The second kappa shape index (κ2) is 6.66. The van der Waals surface area contributed by atoms with E-state index in [1.807, 2.05) is 30.3 Å². The number of ether oxygens (including phenoxy) is 1. The summed E-state index contributed by atoms with van der Waals surface area (Å²) in [5, 5.41) is 0. The van der Waals surface area contributed by atoms with E-state index in [0.29, 0.717) is 12.5 Å². The minimum Gasteiger partial charge on any atom is -0.492 e. The monoisotopic (exact) mass is 412 g/mol. The summed E-state index contributed by atoms with van der Waals surface area (Å²) >= 11 is 8.30. The van der Waals surface area contributed by atoms with E-state index in [-0.39, 0.29) is 0 Å². The van der Waals surface area contributed by atoms with Gasteiger partial charge in [0.05, 0.1) is 23.5 Å². The number of hydrogen-bond donors (Lipinski definition) is 0. The summed E-state index contributed by atoms with van der Waals surface area (Å²) in [6.45, 7) is 1.32. The molecule has 0 aliphatic heterocycles. The van der Waals surface area contributed by atoms with E-state index in [9.17, 15) is 0 Å². The van der Waals surface area contributed by atoms with Crippen molar-refractivity contribution in [1.29, 1.82) is 0 Å². The van der Waals surface area contributed by atoms with E-state index in [1.54, 1.807) is 0 Å². The van der Waals surface area contributed by atoms with Crippen molar-refractivity contribution in [2.75, 3.05) is 6.61 Å². The fourth-order valence-corrected chi connectivity index (χ4v) is 2.95. The van der Waals surface area contributed by atoms with Crippen molar-refractivity contribution in [2.45, 2.75) is 12.4 Å².